The van der Waals surface area contributed by atoms with E-state index in [0.717, 1.165) is 22.0 Å². The first-order valence-electron chi connectivity index (χ1n) is 7.47. The number of thiazole rings is 1. The van der Waals surface area contributed by atoms with Crippen molar-refractivity contribution in [3.63, 3.8) is 0 Å². The molecule has 6 nitrogen and oxygen atoms in total. The summed E-state index contributed by atoms with van der Waals surface area (Å²) >= 11 is 2.28. The number of aromatic nitrogens is 1. The highest BCUT2D eigenvalue weighted by atomic mass is 32.2. The van der Waals surface area contributed by atoms with Crippen LogP contribution in [-0.4, -0.2) is 33.9 Å². The van der Waals surface area contributed by atoms with Crippen molar-refractivity contribution in [1.82, 2.24) is 4.57 Å². The minimum absolute atomic E-state index is 0.0291. The normalized spacial score (nSPS) is 11.7. The van der Waals surface area contributed by atoms with Crippen LogP contribution in [0.25, 0.3) is 10.2 Å². The van der Waals surface area contributed by atoms with Gasteiger partial charge in [-0.3, -0.25) is 9.59 Å². The molecule has 0 N–H and O–H groups in total. The van der Waals surface area contributed by atoms with Crippen LogP contribution < -0.4 is 4.80 Å². The molecule has 1 aromatic heterocycles. The van der Waals surface area contributed by atoms with Gasteiger partial charge in [0.05, 0.1) is 28.1 Å². The van der Waals surface area contributed by atoms with E-state index in [9.17, 15) is 14.4 Å². The van der Waals surface area contributed by atoms with Gasteiger partial charge in [0.1, 0.15) is 0 Å². The molecule has 2 rings (SSSR count). The van der Waals surface area contributed by atoms with Crippen molar-refractivity contribution in [3.8, 4) is 0 Å². The maximum Gasteiger partial charge on any atom is 0.338 e. The second kappa shape index (κ2) is 8.25. The van der Waals surface area contributed by atoms with E-state index in [4.69, 9.17) is 4.74 Å². The summed E-state index contributed by atoms with van der Waals surface area (Å²) in [5.74, 6) is -0.695. The monoisotopic (exact) mass is 366 g/mol. The summed E-state index contributed by atoms with van der Waals surface area (Å²) in [4.78, 5) is 39.3. The van der Waals surface area contributed by atoms with E-state index in [1.807, 2.05) is 17.6 Å². The average molecular weight is 366 g/mol. The lowest BCUT2D eigenvalue weighted by atomic mass is 10.2. The number of nitrogens with zero attached hydrogens (tertiary/aromatic N) is 2. The Kier molecular flexibility index (Phi) is 6.33. The van der Waals surface area contributed by atoms with Gasteiger partial charge in [0.25, 0.3) is 5.91 Å². The van der Waals surface area contributed by atoms with Gasteiger partial charge in [-0.25, -0.2) is 4.79 Å². The third-order valence-corrected chi connectivity index (χ3v) is 4.97. The molecule has 0 unspecified atom stereocenters. The van der Waals surface area contributed by atoms with E-state index >= 15 is 0 Å². The van der Waals surface area contributed by atoms with E-state index in [1.165, 1.54) is 18.3 Å². The van der Waals surface area contributed by atoms with Crippen molar-refractivity contribution in [3.05, 3.63) is 28.6 Å². The number of carbonyl (C=O) groups is 3. The summed E-state index contributed by atoms with van der Waals surface area (Å²) in [5, 5.41) is -0.114. The molecule has 0 fully saturated rings. The van der Waals surface area contributed by atoms with E-state index in [-0.39, 0.29) is 22.7 Å². The first kappa shape index (κ1) is 18.4. The van der Waals surface area contributed by atoms with Crippen LogP contribution in [0.3, 0.4) is 0 Å². The van der Waals surface area contributed by atoms with Crippen LogP contribution >= 0.6 is 23.1 Å². The van der Waals surface area contributed by atoms with Crippen molar-refractivity contribution in [2.45, 2.75) is 27.3 Å². The first-order chi connectivity index (χ1) is 11.5. The molecule has 0 spiro atoms. The zero-order valence-corrected chi connectivity index (χ0v) is 15.3. The topological polar surface area (TPSA) is 77.7 Å². The van der Waals surface area contributed by atoms with Gasteiger partial charge in [-0.05, 0) is 32.0 Å². The standard InChI is InChI=1S/C16H18N2O4S2/c1-4-18-12-7-6-11(15(21)22-5-2)8-13(12)24-16(18)17-14(20)9-23-10(3)19/h6-8H,4-5,9H2,1-3H3. The minimum atomic E-state index is -0.372. The van der Waals surface area contributed by atoms with Crippen LogP contribution in [0.2, 0.25) is 0 Å². The van der Waals surface area contributed by atoms with Gasteiger partial charge in [-0.15, -0.1) is 0 Å². The molecule has 0 aliphatic carbocycles. The number of esters is 1. The molecule has 24 heavy (non-hydrogen) atoms. The summed E-state index contributed by atoms with van der Waals surface area (Å²) in [5.41, 5.74) is 1.38. The van der Waals surface area contributed by atoms with Gasteiger partial charge < -0.3 is 9.30 Å². The SMILES string of the molecule is CCOC(=O)c1ccc2c(c1)sc(=NC(=O)CSC(C)=O)n2CC. The third kappa shape index (κ3) is 4.33. The van der Waals surface area contributed by atoms with Gasteiger partial charge in [0.2, 0.25) is 0 Å². The van der Waals surface area contributed by atoms with E-state index in [0.29, 0.717) is 23.5 Å². The largest absolute Gasteiger partial charge is 0.462 e. The molecule has 0 radical (unpaired) electrons. The first-order valence-corrected chi connectivity index (χ1v) is 9.27. The molecule has 0 aliphatic rings. The maximum atomic E-state index is 11.9. The molecule has 0 saturated carbocycles. The van der Waals surface area contributed by atoms with Crippen molar-refractivity contribution in [2.24, 2.45) is 4.99 Å². The number of rotatable bonds is 5. The molecule has 0 saturated heterocycles. The lowest BCUT2D eigenvalue weighted by molar-refractivity contribution is -0.116. The summed E-state index contributed by atoms with van der Waals surface area (Å²) < 4.78 is 7.77. The number of fused-ring (bicyclic) bond motifs is 1. The number of thioether (sulfide) groups is 1. The van der Waals surface area contributed by atoms with Crippen molar-refractivity contribution in [1.29, 1.82) is 0 Å². The van der Waals surface area contributed by atoms with E-state index in [1.54, 1.807) is 19.1 Å². The predicted molar refractivity (Wildman–Crippen MR) is 95.2 cm³/mol. The van der Waals surface area contributed by atoms with Crippen LogP contribution in [0.4, 0.5) is 0 Å². The van der Waals surface area contributed by atoms with Crippen LogP contribution in [0.15, 0.2) is 23.2 Å². The number of aryl methyl sites for hydroxylation is 1. The highest BCUT2D eigenvalue weighted by Crippen LogP contribution is 2.20. The minimum Gasteiger partial charge on any atom is -0.462 e. The number of carbonyl (C=O) groups excluding carboxylic acids is 3. The lowest BCUT2D eigenvalue weighted by Crippen LogP contribution is -2.16. The number of hydrogen-bond acceptors (Lipinski definition) is 6. The fraction of sp³-hybridized carbons (Fsp3) is 0.375. The van der Waals surface area contributed by atoms with Gasteiger partial charge in [-0.2, -0.15) is 4.99 Å². The molecular weight excluding hydrogens is 348 g/mol. The smallest absolute Gasteiger partial charge is 0.338 e. The maximum absolute atomic E-state index is 11.9. The van der Waals surface area contributed by atoms with Gasteiger partial charge >= 0.3 is 5.97 Å². The number of ether oxygens (including phenoxy) is 1. The molecule has 8 heteroatoms. The van der Waals surface area contributed by atoms with E-state index < -0.39 is 0 Å². The van der Waals surface area contributed by atoms with Crippen LogP contribution in [0, 0.1) is 0 Å². The Morgan fingerprint density at radius 3 is 2.67 bits per heavy atom. The Hall–Kier alpha value is -1.93. The fourth-order valence-electron chi connectivity index (χ4n) is 2.11. The Morgan fingerprint density at radius 1 is 1.29 bits per heavy atom. The van der Waals surface area contributed by atoms with Gasteiger partial charge in [0.15, 0.2) is 9.92 Å². The molecule has 128 valence electrons. The molecule has 0 aliphatic heterocycles. The zero-order valence-electron chi connectivity index (χ0n) is 13.7. The highest BCUT2D eigenvalue weighted by Gasteiger charge is 2.12. The van der Waals surface area contributed by atoms with Crippen molar-refractivity contribution < 1.29 is 19.1 Å². The summed E-state index contributed by atoms with van der Waals surface area (Å²) in [6.07, 6.45) is 0. The predicted octanol–water partition coefficient (Wildman–Crippen LogP) is 2.61. The number of amides is 1. The van der Waals surface area contributed by atoms with Crippen molar-refractivity contribution in [2.75, 3.05) is 12.4 Å². The molecular formula is C16H18N2O4S2. The van der Waals surface area contributed by atoms with Gasteiger partial charge in [-0.1, -0.05) is 23.1 Å². The summed E-state index contributed by atoms with van der Waals surface area (Å²) in [7, 11) is 0. The van der Waals surface area contributed by atoms with E-state index in [2.05, 4.69) is 4.99 Å². The molecule has 1 amide bonds. The Balaban J connectivity index is 2.42. The zero-order chi connectivity index (χ0) is 17.7. The second-order valence-electron chi connectivity index (χ2n) is 4.82. The van der Waals surface area contributed by atoms with Gasteiger partial charge in [0, 0.05) is 13.5 Å². The highest BCUT2D eigenvalue weighted by molar-refractivity contribution is 8.14. The Bertz CT molecular complexity index is 851. The Morgan fingerprint density at radius 2 is 2.04 bits per heavy atom. The molecule has 0 bridgehead atoms. The third-order valence-electron chi connectivity index (χ3n) is 3.13. The van der Waals surface area contributed by atoms with Crippen molar-refractivity contribution >= 4 is 50.3 Å². The molecule has 1 heterocycles. The summed E-state index contributed by atoms with van der Waals surface area (Å²) in [6.45, 7) is 6.10. The molecule has 1 aromatic carbocycles. The number of hydrogen-bond donors (Lipinski definition) is 0. The summed E-state index contributed by atoms with van der Waals surface area (Å²) in [6, 6.07) is 5.28. The number of benzene rings is 1. The molecule has 0 atom stereocenters. The van der Waals surface area contributed by atoms with Crippen LogP contribution in [-0.2, 0) is 20.9 Å². The lowest BCUT2D eigenvalue weighted by Gasteiger charge is -2.03. The average Bonchev–Trinajstić information content (AvgIpc) is 2.89. The second-order valence-corrected chi connectivity index (χ2v) is 6.98. The van der Waals surface area contributed by atoms with Crippen LogP contribution in [0.1, 0.15) is 31.1 Å². The molecule has 2 aromatic rings. The Labute approximate surface area is 147 Å². The fourth-order valence-corrected chi connectivity index (χ4v) is 3.65. The quantitative estimate of drug-likeness (QED) is 0.760. The van der Waals surface area contributed by atoms with Crippen LogP contribution in [0.5, 0.6) is 0 Å².